The van der Waals surface area contributed by atoms with Gasteiger partial charge in [0.1, 0.15) is 11.6 Å². The molecule has 2 N–H and O–H groups in total. The second-order valence-corrected chi connectivity index (χ2v) is 4.18. The maximum Gasteiger partial charge on any atom is 0.141 e. The topological polar surface area (TPSA) is 55.0 Å². The molecule has 0 aliphatic heterocycles. The summed E-state index contributed by atoms with van der Waals surface area (Å²) < 4.78 is 13.2. The van der Waals surface area contributed by atoms with Gasteiger partial charge in [-0.15, -0.1) is 0 Å². The lowest BCUT2D eigenvalue weighted by Crippen LogP contribution is -2.25. The lowest BCUT2D eigenvalue weighted by atomic mass is 10.2. The van der Waals surface area contributed by atoms with Crippen molar-refractivity contribution < 1.29 is 4.39 Å². The number of aromatic nitrogens is 2. The van der Waals surface area contributed by atoms with Gasteiger partial charge in [0.05, 0.1) is 18.4 Å². The van der Waals surface area contributed by atoms with E-state index >= 15 is 0 Å². The van der Waals surface area contributed by atoms with E-state index < -0.39 is 0 Å². The van der Waals surface area contributed by atoms with Crippen molar-refractivity contribution in [2.75, 3.05) is 11.4 Å². The van der Waals surface area contributed by atoms with Crippen LogP contribution >= 0.6 is 0 Å². The average molecular weight is 260 g/mol. The zero-order valence-electron chi connectivity index (χ0n) is 10.9. The molecule has 100 valence electrons. The first-order valence-electron chi connectivity index (χ1n) is 6.24. The second kappa shape index (κ2) is 6.24. The Bertz CT molecular complexity index is 530. The van der Waals surface area contributed by atoms with Crippen molar-refractivity contribution in [1.82, 2.24) is 9.97 Å². The van der Waals surface area contributed by atoms with Crippen LogP contribution in [0.15, 0.2) is 36.7 Å². The summed E-state index contributed by atoms with van der Waals surface area (Å²) in [6.07, 6.45) is 2.97. The molecule has 2 aromatic heterocycles. The van der Waals surface area contributed by atoms with E-state index in [0.717, 1.165) is 18.1 Å². The summed E-state index contributed by atoms with van der Waals surface area (Å²) in [5.41, 5.74) is 7.31. The molecule has 0 spiro atoms. The number of hydrogen-bond donors (Lipinski definition) is 1. The number of rotatable bonds is 5. The summed E-state index contributed by atoms with van der Waals surface area (Å²) in [7, 11) is 0. The fraction of sp³-hybridized carbons (Fsp3) is 0.286. The van der Waals surface area contributed by atoms with Crippen molar-refractivity contribution in [2.24, 2.45) is 5.73 Å². The van der Waals surface area contributed by atoms with Crippen molar-refractivity contribution in [1.29, 1.82) is 0 Å². The predicted molar refractivity (Wildman–Crippen MR) is 73.0 cm³/mol. The van der Waals surface area contributed by atoms with Crippen LogP contribution in [-0.4, -0.2) is 16.5 Å². The van der Waals surface area contributed by atoms with Crippen LogP contribution in [0.2, 0.25) is 0 Å². The van der Waals surface area contributed by atoms with Crippen molar-refractivity contribution in [2.45, 2.75) is 20.0 Å². The van der Waals surface area contributed by atoms with Gasteiger partial charge in [-0.3, -0.25) is 4.98 Å². The van der Waals surface area contributed by atoms with Crippen LogP contribution in [-0.2, 0) is 13.1 Å². The molecule has 0 aromatic carbocycles. The smallest absolute Gasteiger partial charge is 0.141 e. The van der Waals surface area contributed by atoms with E-state index in [2.05, 4.69) is 9.97 Å². The lowest BCUT2D eigenvalue weighted by Gasteiger charge is -2.23. The molecular formula is C14H17FN4. The Balaban J connectivity index is 2.27. The molecule has 0 fully saturated rings. The molecule has 0 aliphatic rings. The molecule has 2 heterocycles. The second-order valence-electron chi connectivity index (χ2n) is 4.18. The van der Waals surface area contributed by atoms with Gasteiger partial charge in [-0.25, -0.2) is 9.37 Å². The predicted octanol–water partition coefficient (Wildman–Crippen LogP) is 2.10. The number of halogens is 1. The van der Waals surface area contributed by atoms with E-state index in [1.54, 1.807) is 6.20 Å². The number of nitrogens with two attached hydrogens (primary N) is 1. The summed E-state index contributed by atoms with van der Waals surface area (Å²) in [4.78, 5) is 10.5. The van der Waals surface area contributed by atoms with Crippen LogP contribution in [0, 0.1) is 5.82 Å². The van der Waals surface area contributed by atoms with Gasteiger partial charge < -0.3 is 10.6 Å². The molecule has 0 saturated heterocycles. The monoisotopic (exact) mass is 260 g/mol. The molecule has 0 atom stereocenters. The zero-order valence-corrected chi connectivity index (χ0v) is 10.9. The fourth-order valence-corrected chi connectivity index (χ4v) is 1.93. The molecule has 0 aliphatic carbocycles. The highest BCUT2D eigenvalue weighted by Gasteiger charge is 2.12. The minimum atomic E-state index is -0.363. The van der Waals surface area contributed by atoms with Crippen LogP contribution in [0.1, 0.15) is 18.2 Å². The lowest BCUT2D eigenvalue weighted by molar-refractivity contribution is 0.616. The number of nitrogens with zero attached hydrogens (tertiary/aromatic N) is 3. The van der Waals surface area contributed by atoms with Crippen LogP contribution in [0.3, 0.4) is 0 Å². The first-order chi connectivity index (χ1) is 9.24. The number of pyridine rings is 2. The van der Waals surface area contributed by atoms with Gasteiger partial charge in [-0.2, -0.15) is 0 Å². The molecule has 0 radical (unpaired) electrons. The number of hydrogen-bond acceptors (Lipinski definition) is 4. The largest absolute Gasteiger partial charge is 0.351 e. The van der Waals surface area contributed by atoms with Crippen LogP contribution in [0.25, 0.3) is 0 Å². The third-order valence-corrected chi connectivity index (χ3v) is 2.89. The third-order valence-electron chi connectivity index (χ3n) is 2.89. The van der Waals surface area contributed by atoms with E-state index in [1.807, 2.05) is 30.0 Å². The minimum Gasteiger partial charge on any atom is -0.351 e. The first-order valence-corrected chi connectivity index (χ1v) is 6.24. The Kier molecular flexibility index (Phi) is 4.41. The van der Waals surface area contributed by atoms with Gasteiger partial charge in [-0.05, 0) is 25.1 Å². The van der Waals surface area contributed by atoms with E-state index in [0.29, 0.717) is 12.1 Å². The summed E-state index contributed by atoms with van der Waals surface area (Å²) in [5.74, 6) is 0.357. The Labute approximate surface area is 112 Å². The molecule has 0 amide bonds. The fourth-order valence-electron chi connectivity index (χ4n) is 1.93. The molecule has 5 heteroatoms. The Morgan fingerprint density at radius 1 is 1.32 bits per heavy atom. The van der Waals surface area contributed by atoms with E-state index in [1.165, 1.54) is 12.3 Å². The van der Waals surface area contributed by atoms with Gasteiger partial charge in [-0.1, -0.05) is 6.07 Å². The number of anilines is 1. The summed E-state index contributed by atoms with van der Waals surface area (Å²) in [6.45, 7) is 3.66. The van der Waals surface area contributed by atoms with Gasteiger partial charge in [0.2, 0.25) is 0 Å². The standard InChI is InChI=1S/C14H17FN4/c1-2-19(10-13-5-3-4-6-17-13)14-11(8-16)7-12(15)9-18-14/h3-7,9H,2,8,10,16H2,1H3. The Morgan fingerprint density at radius 3 is 2.79 bits per heavy atom. The van der Waals surface area contributed by atoms with Crippen molar-refractivity contribution in [3.05, 3.63) is 53.7 Å². The summed E-state index contributed by atoms with van der Waals surface area (Å²) in [5, 5.41) is 0. The Hall–Kier alpha value is -2.01. The van der Waals surface area contributed by atoms with Gasteiger partial charge >= 0.3 is 0 Å². The van der Waals surface area contributed by atoms with Crippen molar-refractivity contribution >= 4 is 5.82 Å². The molecule has 19 heavy (non-hydrogen) atoms. The minimum absolute atomic E-state index is 0.263. The Morgan fingerprint density at radius 2 is 2.16 bits per heavy atom. The van der Waals surface area contributed by atoms with Crippen LogP contribution in [0.4, 0.5) is 10.2 Å². The van der Waals surface area contributed by atoms with Gasteiger partial charge in [0, 0.05) is 24.8 Å². The molecule has 4 nitrogen and oxygen atoms in total. The molecule has 2 rings (SSSR count). The maximum atomic E-state index is 13.2. The van der Waals surface area contributed by atoms with Crippen molar-refractivity contribution in [3.8, 4) is 0 Å². The highest BCUT2D eigenvalue weighted by molar-refractivity contribution is 5.47. The van der Waals surface area contributed by atoms with Gasteiger partial charge in [0.15, 0.2) is 0 Å². The maximum absolute atomic E-state index is 13.2. The quantitative estimate of drug-likeness (QED) is 0.894. The summed E-state index contributed by atoms with van der Waals surface area (Å²) >= 11 is 0. The van der Waals surface area contributed by atoms with Gasteiger partial charge in [0.25, 0.3) is 0 Å². The molecule has 2 aromatic rings. The van der Waals surface area contributed by atoms with Crippen molar-refractivity contribution in [3.63, 3.8) is 0 Å². The average Bonchev–Trinajstić information content (AvgIpc) is 2.46. The molecule has 0 saturated carbocycles. The highest BCUT2D eigenvalue weighted by Crippen LogP contribution is 2.19. The zero-order chi connectivity index (χ0) is 13.7. The van der Waals surface area contributed by atoms with Crippen LogP contribution < -0.4 is 10.6 Å². The SMILES string of the molecule is CCN(Cc1ccccn1)c1ncc(F)cc1CN. The third kappa shape index (κ3) is 3.26. The van der Waals surface area contributed by atoms with E-state index in [4.69, 9.17) is 5.73 Å². The van der Waals surface area contributed by atoms with E-state index in [9.17, 15) is 4.39 Å². The van der Waals surface area contributed by atoms with Crippen LogP contribution in [0.5, 0.6) is 0 Å². The van der Waals surface area contributed by atoms with E-state index in [-0.39, 0.29) is 12.4 Å². The highest BCUT2D eigenvalue weighted by atomic mass is 19.1. The normalized spacial score (nSPS) is 10.5. The molecular weight excluding hydrogens is 243 g/mol. The molecule has 0 bridgehead atoms. The summed E-state index contributed by atoms with van der Waals surface area (Å²) in [6, 6.07) is 7.21. The molecule has 0 unspecified atom stereocenters. The first kappa shape index (κ1) is 13.4.